The molecule has 0 unspecified atom stereocenters. The van der Waals surface area contributed by atoms with Gasteiger partial charge in [0.2, 0.25) is 0 Å². The minimum Gasteiger partial charge on any atom is -0.331 e. The lowest BCUT2D eigenvalue weighted by molar-refractivity contribution is 1.14. The third-order valence-electron chi connectivity index (χ3n) is 1.06. The van der Waals surface area contributed by atoms with Crippen LogP contribution in [0.5, 0.6) is 0 Å². The molecule has 0 bridgehead atoms. The molecule has 0 atom stereocenters. The van der Waals surface area contributed by atoms with Gasteiger partial charge in [-0.3, -0.25) is 0 Å². The molecule has 0 saturated carbocycles. The molecule has 0 fully saturated rings. The van der Waals surface area contributed by atoms with Crippen LogP contribution >= 0.6 is 0 Å². The van der Waals surface area contributed by atoms with Gasteiger partial charge in [0, 0.05) is 16.6 Å². The van der Waals surface area contributed by atoms with Gasteiger partial charge in [0.15, 0.2) is 0 Å². The first-order valence-corrected chi connectivity index (χ1v) is 10.9. The summed E-state index contributed by atoms with van der Waals surface area (Å²) in [4.78, 5) is 0. The van der Waals surface area contributed by atoms with Gasteiger partial charge in [-0.1, -0.05) is 33.1 Å². The molecule has 0 aromatic heterocycles. The largest absolute Gasteiger partial charge is 0.331 e. The lowest BCUT2D eigenvalue weighted by atomic mass is 10.8. The van der Waals surface area contributed by atoms with Crippen molar-refractivity contribution in [1.82, 2.24) is 0 Å². The summed E-state index contributed by atoms with van der Waals surface area (Å²) < 4.78 is 0. The van der Waals surface area contributed by atoms with Crippen molar-refractivity contribution in [1.29, 1.82) is 0 Å². The van der Waals surface area contributed by atoms with E-state index in [1.807, 2.05) is 6.92 Å². The van der Waals surface area contributed by atoms with Crippen molar-refractivity contribution >= 4 is 16.6 Å². The van der Waals surface area contributed by atoms with Crippen LogP contribution in [-0.2, 0) is 0 Å². The van der Waals surface area contributed by atoms with Crippen LogP contribution in [0.1, 0.15) is 6.92 Å². The zero-order valence-electron chi connectivity index (χ0n) is 7.49. The Balaban J connectivity index is 0. The van der Waals surface area contributed by atoms with Crippen molar-refractivity contribution in [3.63, 3.8) is 0 Å². The fraction of sp³-hybridized carbons (Fsp3) is 1.00. The van der Waals surface area contributed by atoms with Gasteiger partial charge in [-0.2, -0.15) is 0 Å². The van der Waals surface area contributed by atoms with Crippen molar-refractivity contribution in [2.24, 2.45) is 5.73 Å². The molecular weight excluding hydrogens is 142 g/mol. The summed E-state index contributed by atoms with van der Waals surface area (Å²) in [5.41, 5.74) is 4.85. The molecule has 0 aliphatic carbocycles. The van der Waals surface area contributed by atoms with Crippen LogP contribution < -0.4 is 5.73 Å². The van der Waals surface area contributed by atoms with Gasteiger partial charge in [0.05, 0.1) is 0 Å². The van der Waals surface area contributed by atoms with E-state index in [1.165, 1.54) is 0 Å². The highest BCUT2D eigenvalue weighted by atomic mass is 29.2. The fourth-order valence-corrected chi connectivity index (χ4v) is 0. The molecule has 0 aromatic rings. The Morgan fingerprint density at radius 1 is 1.33 bits per heavy atom. The van der Waals surface area contributed by atoms with Crippen molar-refractivity contribution in [3.05, 3.63) is 0 Å². The molecular formula is C6H21NSi2. The van der Waals surface area contributed by atoms with E-state index < -0.39 is 7.59 Å². The second-order valence-electron chi connectivity index (χ2n) is 3.32. The van der Waals surface area contributed by atoms with Crippen molar-refractivity contribution in [2.75, 3.05) is 6.54 Å². The van der Waals surface area contributed by atoms with Crippen molar-refractivity contribution in [3.8, 4) is 0 Å². The molecule has 0 aliphatic heterocycles. The molecule has 0 rings (SSSR count). The van der Waals surface area contributed by atoms with Crippen molar-refractivity contribution in [2.45, 2.75) is 33.1 Å². The third kappa shape index (κ3) is 29.8. The highest BCUT2D eigenvalue weighted by molar-refractivity contribution is 7.22. The van der Waals surface area contributed by atoms with E-state index in [2.05, 4.69) is 26.2 Å². The number of hydrogen-bond donors (Lipinski definition) is 1. The molecule has 1 nitrogen and oxygen atoms in total. The summed E-state index contributed by atoms with van der Waals surface area (Å²) in [6, 6.07) is 0. The maximum atomic E-state index is 4.85. The normalized spacial score (nSPS) is 11.3. The number of nitrogens with two attached hydrogens (primary N) is 1. The Kier molecular flexibility index (Phi) is 8.76. The Morgan fingerprint density at radius 3 is 1.44 bits per heavy atom. The molecule has 58 valence electrons. The molecule has 0 radical (unpaired) electrons. The van der Waals surface area contributed by atoms with Gasteiger partial charge in [0.25, 0.3) is 0 Å². The van der Waals surface area contributed by atoms with Crippen molar-refractivity contribution < 1.29 is 0 Å². The average Bonchev–Trinajstić information content (AvgIpc) is 1.67. The van der Waals surface area contributed by atoms with Crippen LogP contribution in [0, 0.1) is 0 Å². The molecule has 3 heteroatoms. The summed E-state index contributed by atoms with van der Waals surface area (Å²) in [5, 5.41) is 0. The molecule has 0 amide bonds. The van der Waals surface area contributed by atoms with Gasteiger partial charge >= 0.3 is 0 Å². The second-order valence-corrected chi connectivity index (χ2v) is 17.6. The Labute approximate surface area is 62.7 Å². The van der Waals surface area contributed by atoms with Crippen LogP contribution in [0.2, 0.25) is 26.2 Å². The first-order chi connectivity index (χ1) is 3.97. The lowest BCUT2D eigenvalue weighted by Gasteiger charge is -2.08. The highest BCUT2D eigenvalue weighted by Gasteiger charge is 2.07. The van der Waals surface area contributed by atoms with E-state index in [9.17, 15) is 0 Å². The number of hydrogen-bond acceptors (Lipinski definition) is 1. The number of rotatable bonds is 1. The van der Waals surface area contributed by atoms with Gasteiger partial charge in [-0.15, -0.1) is 0 Å². The fourth-order valence-electron chi connectivity index (χ4n) is 0. The second kappa shape index (κ2) is 6.51. The predicted molar refractivity (Wildman–Crippen MR) is 52.5 cm³/mol. The minimum atomic E-state index is -0.492. The Bertz CT molecular complexity index is 49.5. The zero-order valence-corrected chi connectivity index (χ0v) is 9.91. The quantitative estimate of drug-likeness (QED) is 0.574. The Hall–Kier alpha value is 0.394. The monoisotopic (exact) mass is 163 g/mol. The average molecular weight is 163 g/mol. The predicted octanol–water partition coefficient (Wildman–Crippen LogP) is 1.00. The van der Waals surface area contributed by atoms with Gasteiger partial charge < -0.3 is 5.73 Å². The standard InChI is InChI=1S/C4H14Si2.C2H7N/c1-5-6(2,3)4;1-2-3/h5H2,1-4H3;2-3H2,1H3. The van der Waals surface area contributed by atoms with Crippen LogP contribution in [0.4, 0.5) is 0 Å². The summed E-state index contributed by atoms with van der Waals surface area (Å²) in [6.07, 6.45) is 0. The summed E-state index contributed by atoms with van der Waals surface area (Å²) >= 11 is 0. The van der Waals surface area contributed by atoms with E-state index in [0.29, 0.717) is 9.04 Å². The van der Waals surface area contributed by atoms with Crippen LogP contribution in [0.15, 0.2) is 0 Å². The maximum absolute atomic E-state index is 4.85. The van der Waals surface area contributed by atoms with E-state index in [4.69, 9.17) is 5.73 Å². The van der Waals surface area contributed by atoms with Crippen LogP contribution in [-0.4, -0.2) is 23.2 Å². The van der Waals surface area contributed by atoms with E-state index >= 15 is 0 Å². The van der Waals surface area contributed by atoms with E-state index in [1.54, 1.807) is 0 Å². The first kappa shape index (κ1) is 12.1. The van der Waals surface area contributed by atoms with E-state index in [-0.39, 0.29) is 0 Å². The van der Waals surface area contributed by atoms with E-state index in [0.717, 1.165) is 6.54 Å². The molecule has 0 saturated heterocycles. The third-order valence-corrected chi connectivity index (χ3v) is 9.55. The molecule has 0 aliphatic rings. The van der Waals surface area contributed by atoms with Crippen LogP contribution in [0.3, 0.4) is 0 Å². The van der Waals surface area contributed by atoms with Crippen LogP contribution in [0.25, 0.3) is 0 Å². The Morgan fingerprint density at radius 2 is 1.44 bits per heavy atom. The smallest absolute Gasteiger partial charge is 0.0307 e. The molecule has 0 spiro atoms. The lowest BCUT2D eigenvalue weighted by Crippen LogP contribution is -2.26. The van der Waals surface area contributed by atoms with Gasteiger partial charge in [-0.25, -0.2) is 0 Å². The summed E-state index contributed by atoms with van der Waals surface area (Å²) in [6.45, 7) is 12.4. The summed E-state index contributed by atoms with van der Waals surface area (Å²) in [7, 11) is -0.101. The molecule has 2 N–H and O–H groups in total. The minimum absolute atomic E-state index is 0.391. The molecule has 0 heterocycles. The first-order valence-electron chi connectivity index (χ1n) is 3.68. The van der Waals surface area contributed by atoms with Gasteiger partial charge in [-0.05, 0) is 6.54 Å². The molecule has 9 heavy (non-hydrogen) atoms. The summed E-state index contributed by atoms with van der Waals surface area (Å²) in [5.74, 6) is 0. The van der Waals surface area contributed by atoms with Gasteiger partial charge in [0.1, 0.15) is 0 Å². The zero-order chi connectivity index (χ0) is 7.91. The maximum Gasteiger partial charge on any atom is 0.0307 e. The SMILES string of the molecule is CCN.C[SiH2][Si](C)(C)C. The highest BCUT2D eigenvalue weighted by Crippen LogP contribution is 1.94. The topological polar surface area (TPSA) is 26.0 Å². The molecule has 0 aromatic carbocycles.